The first-order valence-corrected chi connectivity index (χ1v) is 9.40. The molecule has 0 aliphatic rings. The van der Waals surface area contributed by atoms with Crippen LogP contribution in [0.4, 0.5) is 8.78 Å². The van der Waals surface area contributed by atoms with Crippen LogP contribution in [-0.2, 0) is 17.6 Å². The van der Waals surface area contributed by atoms with Crippen molar-refractivity contribution >= 4 is 0 Å². The average Bonchev–Trinajstić information content (AvgIpc) is 2.67. The topological polar surface area (TPSA) is 30.9 Å². The zero-order valence-corrected chi connectivity index (χ0v) is 16.7. The van der Waals surface area contributed by atoms with Gasteiger partial charge < -0.3 is 19.1 Å². The molecule has 0 fully saturated rings. The maximum absolute atomic E-state index is 12.4. The third kappa shape index (κ3) is 7.82. The van der Waals surface area contributed by atoms with Gasteiger partial charge in [0.25, 0.3) is 0 Å². The second-order valence-electron chi connectivity index (χ2n) is 6.89. The van der Waals surface area contributed by atoms with Gasteiger partial charge >= 0.3 is 6.61 Å². The number of benzene rings is 2. The van der Waals surface area contributed by atoms with E-state index in [2.05, 4.69) is 9.64 Å². The fourth-order valence-corrected chi connectivity index (χ4v) is 2.86. The largest absolute Gasteiger partial charge is 0.491 e. The maximum atomic E-state index is 12.4. The van der Waals surface area contributed by atoms with Crippen LogP contribution in [0.15, 0.2) is 48.5 Å². The van der Waals surface area contributed by atoms with Gasteiger partial charge in [0, 0.05) is 13.7 Å². The minimum Gasteiger partial charge on any atom is -0.491 e. The lowest BCUT2D eigenvalue weighted by atomic mass is 10.0. The molecule has 2 aromatic rings. The Morgan fingerprint density at radius 2 is 1.79 bits per heavy atom. The van der Waals surface area contributed by atoms with Gasteiger partial charge in [-0.1, -0.05) is 30.3 Å². The molecule has 2 aromatic carbocycles. The van der Waals surface area contributed by atoms with Crippen molar-refractivity contribution in [1.82, 2.24) is 4.90 Å². The first-order chi connectivity index (χ1) is 13.5. The molecular weight excluding hydrogens is 364 g/mol. The van der Waals surface area contributed by atoms with E-state index >= 15 is 0 Å². The molecule has 0 heterocycles. The molecule has 0 saturated heterocycles. The number of ether oxygens (including phenoxy) is 3. The molecule has 1 atom stereocenters. The number of alkyl halides is 2. The Hall–Kier alpha value is -2.18. The first kappa shape index (κ1) is 22.1. The normalized spacial score (nSPS) is 12.4. The molecule has 0 radical (unpaired) electrons. The zero-order valence-electron chi connectivity index (χ0n) is 16.7. The van der Waals surface area contributed by atoms with Gasteiger partial charge in [-0.05, 0) is 62.7 Å². The van der Waals surface area contributed by atoms with Crippen LogP contribution in [0.25, 0.3) is 0 Å². The summed E-state index contributed by atoms with van der Waals surface area (Å²) in [5.74, 6) is 1.01. The number of methoxy groups -OCH3 is 1. The third-order valence-electron chi connectivity index (χ3n) is 4.44. The summed E-state index contributed by atoms with van der Waals surface area (Å²) in [5, 5.41) is 0. The molecule has 0 aliphatic carbocycles. The summed E-state index contributed by atoms with van der Waals surface area (Å²) in [5.41, 5.74) is 2.01. The van der Waals surface area contributed by atoms with Crippen molar-refractivity contribution in [2.24, 2.45) is 0 Å². The van der Waals surface area contributed by atoms with E-state index in [1.807, 2.05) is 44.4 Å². The number of hydrogen-bond acceptors (Lipinski definition) is 4. The van der Waals surface area contributed by atoms with Crippen LogP contribution in [0, 0.1) is 0 Å². The predicted molar refractivity (Wildman–Crippen MR) is 106 cm³/mol. The number of rotatable bonds is 12. The number of aryl methyl sites for hydroxylation is 2. The second-order valence-corrected chi connectivity index (χ2v) is 6.89. The van der Waals surface area contributed by atoms with E-state index in [9.17, 15) is 8.78 Å². The molecule has 0 amide bonds. The average molecular weight is 393 g/mol. The number of halogens is 2. The van der Waals surface area contributed by atoms with Crippen molar-refractivity contribution in [3.63, 3.8) is 0 Å². The monoisotopic (exact) mass is 393 g/mol. The fraction of sp³-hybridized carbons (Fsp3) is 0.455. The molecule has 154 valence electrons. The lowest BCUT2D eigenvalue weighted by Gasteiger charge is -2.19. The van der Waals surface area contributed by atoms with Crippen molar-refractivity contribution in [2.45, 2.75) is 32.0 Å². The highest BCUT2D eigenvalue weighted by molar-refractivity contribution is 5.35. The summed E-state index contributed by atoms with van der Waals surface area (Å²) in [6.45, 7) is -1.40. The highest BCUT2D eigenvalue weighted by atomic mass is 19.3. The maximum Gasteiger partial charge on any atom is 0.387 e. The van der Waals surface area contributed by atoms with Crippen molar-refractivity contribution in [2.75, 3.05) is 34.4 Å². The van der Waals surface area contributed by atoms with E-state index in [0.717, 1.165) is 36.3 Å². The molecule has 6 heteroatoms. The van der Waals surface area contributed by atoms with Crippen LogP contribution in [0.1, 0.15) is 17.5 Å². The van der Waals surface area contributed by atoms with Crippen molar-refractivity contribution in [1.29, 1.82) is 0 Å². The molecule has 2 rings (SSSR count). The molecular formula is C22H29F2NO3. The standard InChI is InChI=1S/C22H29F2NO3/c1-25(2)14-13-20(26-3)16-27-21-10-5-4-8-18(21)12-11-17-7-6-9-19(15-17)28-22(23)24/h4-10,15,20,22H,11-14,16H2,1-3H3. The quantitative estimate of drug-likeness (QED) is 0.534. The molecule has 1 unspecified atom stereocenters. The van der Waals surface area contributed by atoms with Gasteiger partial charge in [0.15, 0.2) is 0 Å². The van der Waals surface area contributed by atoms with Crippen LogP contribution < -0.4 is 9.47 Å². The van der Waals surface area contributed by atoms with Crippen LogP contribution in [0.2, 0.25) is 0 Å². The Balaban J connectivity index is 1.94. The molecule has 0 aromatic heterocycles. The van der Waals surface area contributed by atoms with Crippen molar-refractivity contribution in [3.8, 4) is 11.5 Å². The van der Waals surface area contributed by atoms with Gasteiger partial charge in [0.2, 0.25) is 0 Å². The Labute approximate surface area is 166 Å². The van der Waals surface area contributed by atoms with Crippen LogP contribution in [-0.4, -0.2) is 52.0 Å². The first-order valence-electron chi connectivity index (χ1n) is 9.40. The third-order valence-corrected chi connectivity index (χ3v) is 4.44. The summed E-state index contributed by atoms with van der Waals surface area (Å²) in [7, 11) is 5.76. The molecule has 0 saturated carbocycles. The highest BCUT2D eigenvalue weighted by Crippen LogP contribution is 2.22. The van der Waals surface area contributed by atoms with E-state index in [0.29, 0.717) is 13.0 Å². The summed E-state index contributed by atoms with van der Waals surface area (Å²) < 4.78 is 40.8. The second kappa shape index (κ2) is 11.6. The van der Waals surface area contributed by atoms with Crippen LogP contribution in [0.5, 0.6) is 11.5 Å². The van der Waals surface area contributed by atoms with E-state index in [1.165, 1.54) is 6.07 Å². The Morgan fingerprint density at radius 1 is 1.00 bits per heavy atom. The van der Waals surface area contributed by atoms with Gasteiger partial charge in [0.1, 0.15) is 18.1 Å². The highest BCUT2D eigenvalue weighted by Gasteiger charge is 2.11. The lowest BCUT2D eigenvalue weighted by Crippen LogP contribution is -2.26. The Kier molecular flexibility index (Phi) is 9.17. The summed E-state index contributed by atoms with van der Waals surface area (Å²) in [6.07, 6.45) is 2.36. The zero-order chi connectivity index (χ0) is 20.4. The SMILES string of the molecule is COC(CCN(C)C)COc1ccccc1CCc1cccc(OC(F)F)c1. The summed E-state index contributed by atoms with van der Waals surface area (Å²) in [6, 6.07) is 14.7. The van der Waals surface area contributed by atoms with E-state index < -0.39 is 6.61 Å². The van der Waals surface area contributed by atoms with Gasteiger partial charge in [-0.25, -0.2) is 0 Å². The van der Waals surface area contributed by atoms with E-state index in [-0.39, 0.29) is 11.9 Å². The lowest BCUT2D eigenvalue weighted by molar-refractivity contribution is -0.0498. The van der Waals surface area contributed by atoms with E-state index in [1.54, 1.807) is 19.2 Å². The molecule has 0 aliphatic heterocycles. The minimum atomic E-state index is -2.81. The molecule has 0 N–H and O–H groups in total. The molecule has 0 bridgehead atoms. The van der Waals surface area contributed by atoms with Crippen molar-refractivity contribution in [3.05, 3.63) is 59.7 Å². The van der Waals surface area contributed by atoms with Crippen LogP contribution >= 0.6 is 0 Å². The summed E-state index contributed by atoms with van der Waals surface area (Å²) in [4.78, 5) is 2.12. The summed E-state index contributed by atoms with van der Waals surface area (Å²) >= 11 is 0. The van der Waals surface area contributed by atoms with Crippen molar-refractivity contribution < 1.29 is 23.0 Å². The number of hydrogen-bond donors (Lipinski definition) is 0. The van der Waals surface area contributed by atoms with Crippen LogP contribution in [0.3, 0.4) is 0 Å². The van der Waals surface area contributed by atoms with Gasteiger partial charge in [-0.2, -0.15) is 8.78 Å². The fourth-order valence-electron chi connectivity index (χ4n) is 2.86. The molecule has 28 heavy (non-hydrogen) atoms. The smallest absolute Gasteiger partial charge is 0.387 e. The van der Waals surface area contributed by atoms with Gasteiger partial charge in [-0.15, -0.1) is 0 Å². The number of nitrogens with zero attached hydrogens (tertiary/aromatic N) is 1. The molecule has 0 spiro atoms. The Bertz CT molecular complexity index is 710. The van der Waals surface area contributed by atoms with Gasteiger partial charge in [0.05, 0.1) is 6.10 Å². The Morgan fingerprint density at radius 3 is 2.50 bits per heavy atom. The van der Waals surface area contributed by atoms with Gasteiger partial charge in [-0.3, -0.25) is 0 Å². The van der Waals surface area contributed by atoms with E-state index in [4.69, 9.17) is 9.47 Å². The number of para-hydroxylation sites is 1. The minimum absolute atomic E-state index is 0.0265. The predicted octanol–water partition coefficient (Wildman–Crippen LogP) is 4.42. The molecule has 4 nitrogen and oxygen atoms in total.